The highest BCUT2D eigenvalue weighted by molar-refractivity contribution is 5.97. The first-order valence-corrected chi connectivity index (χ1v) is 5.94. The minimum absolute atomic E-state index is 0.0639. The summed E-state index contributed by atoms with van der Waals surface area (Å²) in [7, 11) is 0. The number of hydrogen-bond acceptors (Lipinski definition) is 5. The Labute approximate surface area is 119 Å². The van der Waals surface area contributed by atoms with Crippen LogP contribution in [0.1, 0.15) is 15.9 Å². The van der Waals surface area contributed by atoms with Crippen LogP contribution in [0.4, 0.5) is 5.69 Å². The summed E-state index contributed by atoms with van der Waals surface area (Å²) in [4.78, 5) is 21.8. The van der Waals surface area contributed by atoms with E-state index in [4.69, 9.17) is 0 Å². The molecular weight excluding hydrogens is 274 g/mol. The molecule has 1 amide bonds. The largest absolute Gasteiger partial charge is 0.507 e. The molecule has 0 atom stereocenters. The Balaban J connectivity index is 2.06. The SMILES string of the molecule is O=C(N/N=C/c1cccc([N+](=O)[O-])c1)c1ccccc1O. The Morgan fingerprint density at radius 2 is 2.00 bits per heavy atom. The van der Waals surface area contributed by atoms with Crippen LogP contribution in [0.25, 0.3) is 0 Å². The first kappa shape index (κ1) is 14.2. The smallest absolute Gasteiger partial charge is 0.275 e. The molecule has 0 bridgehead atoms. The van der Waals surface area contributed by atoms with Crippen molar-refractivity contribution in [1.82, 2.24) is 5.43 Å². The van der Waals surface area contributed by atoms with Crippen LogP contribution in [0, 0.1) is 10.1 Å². The maximum atomic E-state index is 11.7. The molecule has 0 heterocycles. The van der Waals surface area contributed by atoms with Crippen molar-refractivity contribution in [3.05, 3.63) is 69.8 Å². The lowest BCUT2D eigenvalue weighted by atomic mass is 10.2. The molecule has 0 spiro atoms. The highest BCUT2D eigenvalue weighted by atomic mass is 16.6. The Hall–Kier alpha value is -3.22. The number of non-ortho nitro benzene ring substituents is 1. The summed E-state index contributed by atoms with van der Waals surface area (Å²) >= 11 is 0. The highest BCUT2D eigenvalue weighted by Gasteiger charge is 2.08. The third-order valence-corrected chi connectivity index (χ3v) is 2.61. The molecule has 0 fully saturated rings. The molecule has 0 aliphatic carbocycles. The van der Waals surface area contributed by atoms with E-state index >= 15 is 0 Å². The third-order valence-electron chi connectivity index (χ3n) is 2.61. The quantitative estimate of drug-likeness (QED) is 0.509. The van der Waals surface area contributed by atoms with Gasteiger partial charge in [0.15, 0.2) is 0 Å². The molecule has 0 radical (unpaired) electrons. The molecule has 2 rings (SSSR count). The predicted molar refractivity (Wildman–Crippen MR) is 76.3 cm³/mol. The van der Waals surface area contributed by atoms with E-state index in [0.717, 1.165) is 0 Å². The zero-order valence-electron chi connectivity index (χ0n) is 10.8. The number of benzene rings is 2. The van der Waals surface area contributed by atoms with Gasteiger partial charge >= 0.3 is 0 Å². The van der Waals surface area contributed by atoms with Gasteiger partial charge in [-0.05, 0) is 12.1 Å². The van der Waals surface area contributed by atoms with Crippen molar-refractivity contribution in [3.8, 4) is 5.75 Å². The number of phenolic OH excluding ortho intramolecular Hbond substituents is 1. The van der Waals surface area contributed by atoms with Crippen molar-refractivity contribution in [1.29, 1.82) is 0 Å². The van der Waals surface area contributed by atoms with Crippen LogP contribution in [0.3, 0.4) is 0 Å². The second-order valence-electron chi connectivity index (χ2n) is 4.07. The number of nitrogens with one attached hydrogen (secondary N) is 1. The number of phenols is 1. The average molecular weight is 285 g/mol. The van der Waals surface area contributed by atoms with Gasteiger partial charge < -0.3 is 5.11 Å². The van der Waals surface area contributed by atoms with E-state index in [0.29, 0.717) is 5.56 Å². The molecule has 0 saturated heterocycles. The van der Waals surface area contributed by atoms with E-state index in [-0.39, 0.29) is 17.0 Å². The molecule has 7 nitrogen and oxygen atoms in total. The summed E-state index contributed by atoms with van der Waals surface area (Å²) < 4.78 is 0. The van der Waals surface area contributed by atoms with E-state index in [1.54, 1.807) is 18.2 Å². The molecule has 7 heteroatoms. The van der Waals surface area contributed by atoms with Gasteiger partial charge in [0.2, 0.25) is 0 Å². The second kappa shape index (κ2) is 6.29. The number of carbonyl (C=O) groups is 1. The Morgan fingerprint density at radius 1 is 1.24 bits per heavy atom. The maximum absolute atomic E-state index is 11.7. The number of para-hydroxylation sites is 1. The van der Waals surface area contributed by atoms with Crippen LogP contribution in [-0.4, -0.2) is 22.2 Å². The van der Waals surface area contributed by atoms with Gasteiger partial charge in [-0.15, -0.1) is 0 Å². The molecule has 2 aromatic rings. The Morgan fingerprint density at radius 3 is 2.71 bits per heavy atom. The number of nitro groups is 1. The minimum atomic E-state index is -0.574. The van der Waals surface area contributed by atoms with E-state index in [2.05, 4.69) is 10.5 Å². The Bertz CT molecular complexity index is 713. The van der Waals surface area contributed by atoms with Crippen molar-refractivity contribution in [2.24, 2.45) is 5.10 Å². The fraction of sp³-hybridized carbons (Fsp3) is 0. The van der Waals surface area contributed by atoms with Crippen LogP contribution in [0.5, 0.6) is 5.75 Å². The summed E-state index contributed by atoms with van der Waals surface area (Å²) in [6.07, 6.45) is 1.28. The average Bonchev–Trinajstić information content (AvgIpc) is 2.48. The van der Waals surface area contributed by atoms with Gasteiger partial charge in [0, 0.05) is 17.7 Å². The zero-order valence-corrected chi connectivity index (χ0v) is 10.8. The van der Waals surface area contributed by atoms with E-state index in [1.165, 1.54) is 36.5 Å². The molecular formula is C14H11N3O4. The number of carbonyl (C=O) groups excluding carboxylic acids is 1. The van der Waals surface area contributed by atoms with Crippen LogP contribution < -0.4 is 5.43 Å². The van der Waals surface area contributed by atoms with E-state index in [9.17, 15) is 20.0 Å². The molecule has 2 N–H and O–H groups in total. The van der Waals surface area contributed by atoms with E-state index in [1.807, 2.05) is 0 Å². The molecule has 0 saturated carbocycles. The van der Waals surface area contributed by atoms with Crippen LogP contribution in [0.2, 0.25) is 0 Å². The maximum Gasteiger partial charge on any atom is 0.275 e. The number of nitrogens with zero attached hydrogens (tertiary/aromatic N) is 2. The van der Waals surface area contributed by atoms with Gasteiger partial charge in [-0.3, -0.25) is 14.9 Å². The van der Waals surface area contributed by atoms with Gasteiger partial charge in [0.25, 0.3) is 11.6 Å². The third kappa shape index (κ3) is 3.63. The predicted octanol–water partition coefficient (Wildman–Crippen LogP) is 2.06. The number of nitro benzene ring substituents is 1. The standard InChI is InChI=1S/C14H11N3O4/c18-13-7-2-1-6-12(13)14(19)16-15-9-10-4-3-5-11(8-10)17(20)21/h1-9,18H,(H,16,19)/b15-9+. The molecule has 0 unspecified atom stereocenters. The first-order chi connectivity index (χ1) is 10.1. The van der Waals surface area contributed by atoms with Crippen LogP contribution in [-0.2, 0) is 0 Å². The van der Waals surface area contributed by atoms with Crippen LogP contribution >= 0.6 is 0 Å². The highest BCUT2D eigenvalue weighted by Crippen LogP contribution is 2.15. The van der Waals surface area contributed by atoms with E-state index < -0.39 is 10.8 Å². The molecule has 0 aliphatic heterocycles. The van der Waals surface area contributed by atoms with Gasteiger partial charge in [-0.2, -0.15) is 5.10 Å². The number of hydrazone groups is 1. The molecule has 106 valence electrons. The normalized spacial score (nSPS) is 10.5. The van der Waals surface area contributed by atoms with Crippen molar-refractivity contribution < 1.29 is 14.8 Å². The van der Waals surface area contributed by atoms with Crippen molar-refractivity contribution >= 4 is 17.8 Å². The monoisotopic (exact) mass is 285 g/mol. The van der Waals surface area contributed by atoms with Crippen LogP contribution in [0.15, 0.2) is 53.6 Å². The van der Waals surface area contributed by atoms with Gasteiger partial charge in [0.1, 0.15) is 5.75 Å². The molecule has 21 heavy (non-hydrogen) atoms. The molecule has 2 aromatic carbocycles. The van der Waals surface area contributed by atoms with Gasteiger partial charge in [-0.1, -0.05) is 24.3 Å². The summed E-state index contributed by atoms with van der Waals surface area (Å²) in [6, 6.07) is 11.9. The second-order valence-corrected chi connectivity index (χ2v) is 4.07. The summed E-state index contributed by atoms with van der Waals surface area (Å²) in [6.45, 7) is 0. The van der Waals surface area contributed by atoms with Gasteiger partial charge in [0.05, 0.1) is 16.7 Å². The summed E-state index contributed by atoms with van der Waals surface area (Å²) in [5, 5.41) is 23.8. The zero-order chi connectivity index (χ0) is 15.2. The summed E-state index contributed by atoms with van der Waals surface area (Å²) in [5.74, 6) is -0.727. The summed E-state index contributed by atoms with van der Waals surface area (Å²) in [5.41, 5.74) is 2.74. The minimum Gasteiger partial charge on any atom is -0.507 e. The number of hydrogen-bond donors (Lipinski definition) is 2. The van der Waals surface area contributed by atoms with Crippen molar-refractivity contribution in [2.45, 2.75) is 0 Å². The fourth-order valence-electron chi connectivity index (χ4n) is 1.61. The van der Waals surface area contributed by atoms with Crippen molar-refractivity contribution in [2.75, 3.05) is 0 Å². The Kier molecular flexibility index (Phi) is 4.25. The number of aromatic hydroxyl groups is 1. The molecule has 0 aliphatic rings. The van der Waals surface area contributed by atoms with Gasteiger partial charge in [-0.25, -0.2) is 5.43 Å². The van der Waals surface area contributed by atoms with Crippen molar-refractivity contribution in [3.63, 3.8) is 0 Å². The topological polar surface area (TPSA) is 105 Å². The lowest BCUT2D eigenvalue weighted by Gasteiger charge is -2.01. The number of rotatable bonds is 4. The lowest BCUT2D eigenvalue weighted by molar-refractivity contribution is -0.384. The lowest BCUT2D eigenvalue weighted by Crippen LogP contribution is -2.17. The molecule has 0 aromatic heterocycles. The first-order valence-electron chi connectivity index (χ1n) is 5.94. The number of amides is 1. The fourth-order valence-corrected chi connectivity index (χ4v) is 1.61.